The molecule has 3 rings (SSSR count). The zero-order valence-electron chi connectivity index (χ0n) is 19.7. The highest BCUT2D eigenvalue weighted by Crippen LogP contribution is 2.35. The van der Waals surface area contributed by atoms with Crippen LogP contribution in [0.3, 0.4) is 0 Å². The van der Waals surface area contributed by atoms with E-state index in [9.17, 15) is 4.79 Å². The molecule has 2 heterocycles. The summed E-state index contributed by atoms with van der Waals surface area (Å²) in [5.41, 5.74) is 3.00. The first-order valence-electron chi connectivity index (χ1n) is 11.7. The SMILES string of the molecule is CCSc1cc(C)nc(SCC)c1NC(=O)CCCCCCCSc1nc2ccccc2s1. The maximum Gasteiger partial charge on any atom is 0.224 e. The topological polar surface area (TPSA) is 54.9 Å². The molecule has 0 aliphatic heterocycles. The van der Waals surface area contributed by atoms with Crippen LogP contribution in [0.2, 0.25) is 0 Å². The first kappa shape index (κ1) is 26.4. The van der Waals surface area contributed by atoms with E-state index in [0.29, 0.717) is 6.42 Å². The number of fused-ring (bicyclic) bond motifs is 1. The summed E-state index contributed by atoms with van der Waals surface area (Å²) < 4.78 is 2.43. The van der Waals surface area contributed by atoms with Gasteiger partial charge in [0.05, 0.1) is 15.9 Å². The van der Waals surface area contributed by atoms with Crippen molar-refractivity contribution in [1.82, 2.24) is 9.97 Å². The van der Waals surface area contributed by atoms with Gasteiger partial charge in [0, 0.05) is 22.8 Å². The van der Waals surface area contributed by atoms with Crippen molar-refractivity contribution in [1.29, 1.82) is 0 Å². The normalized spacial score (nSPS) is 11.2. The Labute approximate surface area is 214 Å². The number of nitrogens with zero attached hydrogens (tertiary/aromatic N) is 2. The third-order valence-corrected chi connectivity index (χ3v) is 9.02. The second kappa shape index (κ2) is 14.2. The van der Waals surface area contributed by atoms with Gasteiger partial charge in [-0.25, -0.2) is 9.97 Å². The van der Waals surface area contributed by atoms with Crippen molar-refractivity contribution < 1.29 is 4.79 Å². The Hall–Kier alpha value is -1.22. The molecule has 0 bridgehead atoms. The van der Waals surface area contributed by atoms with Crippen LogP contribution in [0, 0.1) is 6.92 Å². The first-order chi connectivity index (χ1) is 16.1. The van der Waals surface area contributed by atoms with Gasteiger partial charge in [-0.2, -0.15) is 0 Å². The first-order valence-corrected chi connectivity index (χ1v) is 15.4. The average molecular weight is 520 g/mol. The number of thiazole rings is 1. The van der Waals surface area contributed by atoms with E-state index in [1.54, 1.807) is 34.9 Å². The number of thioether (sulfide) groups is 3. The monoisotopic (exact) mass is 519 g/mol. The number of carbonyl (C=O) groups excluding carboxylic acids is 1. The summed E-state index contributed by atoms with van der Waals surface area (Å²) in [4.78, 5) is 23.1. The Kier molecular flexibility index (Phi) is 11.4. The standard InChI is InChI=1S/C25H33N3OS4/c1-4-30-21-17-18(3)26-24(31-5-2)23(21)28-22(29)15-9-7-6-8-12-16-32-25-27-19-13-10-11-14-20(19)33-25/h10-11,13-14,17H,4-9,12,15-16H2,1-3H3,(H,28,29). The number of nitrogens with one attached hydrogen (secondary N) is 1. The quantitative estimate of drug-likeness (QED) is 0.171. The lowest BCUT2D eigenvalue weighted by Gasteiger charge is -2.15. The van der Waals surface area contributed by atoms with Crippen LogP contribution in [-0.4, -0.2) is 33.1 Å². The third-order valence-electron chi connectivity index (χ3n) is 4.97. The molecule has 0 atom stereocenters. The van der Waals surface area contributed by atoms with Crippen LogP contribution in [0.1, 0.15) is 58.1 Å². The van der Waals surface area contributed by atoms with E-state index >= 15 is 0 Å². The molecule has 0 saturated carbocycles. The minimum absolute atomic E-state index is 0.1000. The Balaban J connectivity index is 1.34. The number of amides is 1. The number of pyridine rings is 1. The van der Waals surface area contributed by atoms with Crippen LogP contribution in [-0.2, 0) is 4.79 Å². The average Bonchev–Trinajstić information content (AvgIpc) is 3.21. The van der Waals surface area contributed by atoms with Gasteiger partial charge in [0.1, 0.15) is 5.03 Å². The second-order valence-electron chi connectivity index (χ2n) is 7.67. The molecule has 0 saturated heterocycles. The number of aromatic nitrogens is 2. The summed E-state index contributed by atoms with van der Waals surface area (Å²) in [6.07, 6.45) is 6.17. The number of para-hydroxylation sites is 1. The van der Waals surface area contributed by atoms with Crippen molar-refractivity contribution in [3.8, 4) is 0 Å². The summed E-state index contributed by atoms with van der Waals surface area (Å²) in [5.74, 6) is 3.12. The summed E-state index contributed by atoms with van der Waals surface area (Å²) in [5, 5.41) is 4.10. The third kappa shape index (κ3) is 8.50. The minimum Gasteiger partial charge on any atom is -0.323 e. The van der Waals surface area contributed by atoms with Crippen LogP contribution in [0.4, 0.5) is 5.69 Å². The largest absolute Gasteiger partial charge is 0.323 e. The number of hydrogen-bond acceptors (Lipinski definition) is 7. The molecule has 0 radical (unpaired) electrons. The van der Waals surface area contributed by atoms with Crippen molar-refractivity contribution in [2.45, 2.75) is 73.6 Å². The van der Waals surface area contributed by atoms with Crippen LogP contribution in [0.15, 0.2) is 44.6 Å². The summed E-state index contributed by atoms with van der Waals surface area (Å²) >= 11 is 7.10. The van der Waals surface area contributed by atoms with Crippen molar-refractivity contribution in [2.24, 2.45) is 0 Å². The zero-order chi connectivity index (χ0) is 23.5. The molecule has 178 valence electrons. The van der Waals surface area contributed by atoms with Crippen molar-refractivity contribution >= 4 is 68.4 Å². The van der Waals surface area contributed by atoms with Crippen molar-refractivity contribution in [3.63, 3.8) is 0 Å². The summed E-state index contributed by atoms with van der Waals surface area (Å²) in [7, 11) is 0. The predicted octanol–water partition coefficient (Wildman–Crippen LogP) is 8.30. The van der Waals surface area contributed by atoms with Crippen molar-refractivity contribution in [2.75, 3.05) is 22.6 Å². The highest BCUT2D eigenvalue weighted by Gasteiger charge is 2.14. The minimum atomic E-state index is 0.1000. The van der Waals surface area contributed by atoms with Crippen LogP contribution in [0.25, 0.3) is 10.2 Å². The highest BCUT2D eigenvalue weighted by molar-refractivity contribution is 8.01. The molecule has 0 aliphatic carbocycles. The van der Waals surface area contributed by atoms with Gasteiger partial charge in [0.15, 0.2) is 4.34 Å². The molecule has 0 unspecified atom stereocenters. The van der Waals surface area contributed by atoms with E-state index in [2.05, 4.69) is 53.4 Å². The van der Waals surface area contributed by atoms with E-state index in [0.717, 1.165) is 56.9 Å². The lowest BCUT2D eigenvalue weighted by Crippen LogP contribution is -2.13. The molecular formula is C25H33N3OS4. The lowest BCUT2D eigenvalue weighted by atomic mass is 10.1. The Morgan fingerprint density at radius 2 is 1.73 bits per heavy atom. The van der Waals surface area contributed by atoms with Gasteiger partial charge in [0.25, 0.3) is 0 Å². The van der Waals surface area contributed by atoms with Gasteiger partial charge in [-0.3, -0.25) is 4.79 Å². The summed E-state index contributed by atoms with van der Waals surface area (Å²) in [6.45, 7) is 6.27. The molecular weight excluding hydrogens is 487 g/mol. The number of carbonyl (C=O) groups is 1. The summed E-state index contributed by atoms with van der Waals surface area (Å²) in [6, 6.07) is 10.4. The number of benzene rings is 1. The number of unbranched alkanes of at least 4 members (excludes halogenated alkanes) is 4. The number of anilines is 1. The maximum absolute atomic E-state index is 12.6. The van der Waals surface area contributed by atoms with E-state index in [1.165, 1.54) is 28.3 Å². The maximum atomic E-state index is 12.6. The Bertz CT molecular complexity index is 977. The molecule has 1 amide bonds. The molecule has 33 heavy (non-hydrogen) atoms. The molecule has 1 aromatic carbocycles. The molecule has 3 aromatic rings. The molecule has 0 fully saturated rings. The van der Waals surface area contributed by atoms with Crippen LogP contribution < -0.4 is 5.32 Å². The fourth-order valence-corrected chi connectivity index (χ4v) is 7.28. The lowest BCUT2D eigenvalue weighted by molar-refractivity contribution is -0.116. The van der Waals surface area contributed by atoms with E-state index < -0.39 is 0 Å². The van der Waals surface area contributed by atoms with Gasteiger partial charge in [-0.05, 0) is 49.5 Å². The fourth-order valence-electron chi connectivity index (χ4n) is 3.43. The Morgan fingerprint density at radius 1 is 0.970 bits per heavy atom. The number of aryl methyl sites for hydroxylation is 1. The highest BCUT2D eigenvalue weighted by atomic mass is 32.2. The molecule has 0 spiro atoms. The van der Waals surface area contributed by atoms with Gasteiger partial charge in [-0.1, -0.05) is 57.0 Å². The van der Waals surface area contributed by atoms with Gasteiger partial charge < -0.3 is 5.32 Å². The molecule has 1 N–H and O–H groups in total. The smallest absolute Gasteiger partial charge is 0.224 e. The second-order valence-corrected chi connectivity index (χ2v) is 12.6. The van der Waals surface area contributed by atoms with E-state index in [-0.39, 0.29) is 5.91 Å². The fraction of sp³-hybridized carbons (Fsp3) is 0.480. The number of hydrogen-bond donors (Lipinski definition) is 1. The van der Waals surface area contributed by atoms with Crippen molar-refractivity contribution in [3.05, 3.63) is 36.0 Å². The molecule has 2 aromatic heterocycles. The Morgan fingerprint density at radius 3 is 2.52 bits per heavy atom. The number of rotatable bonds is 14. The molecule has 4 nitrogen and oxygen atoms in total. The van der Waals surface area contributed by atoms with E-state index in [1.807, 2.05) is 24.8 Å². The van der Waals surface area contributed by atoms with Gasteiger partial charge in [0.2, 0.25) is 5.91 Å². The van der Waals surface area contributed by atoms with Gasteiger partial charge >= 0.3 is 0 Å². The van der Waals surface area contributed by atoms with Crippen LogP contribution >= 0.6 is 46.6 Å². The van der Waals surface area contributed by atoms with E-state index in [4.69, 9.17) is 0 Å². The predicted molar refractivity (Wildman–Crippen MR) is 148 cm³/mol. The van der Waals surface area contributed by atoms with Gasteiger partial charge in [-0.15, -0.1) is 34.9 Å². The zero-order valence-corrected chi connectivity index (χ0v) is 23.0. The molecule has 8 heteroatoms. The molecule has 0 aliphatic rings. The van der Waals surface area contributed by atoms with Crippen LogP contribution in [0.5, 0.6) is 0 Å².